The summed E-state index contributed by atoms with van der Waals surface area (Å²) >= 11 is 0. The molecule has 1 amide bonds. The van der Waals surface area contributed by atoms with Crippen molar-refractivity contribution in [3.05, 3.63) is 58.9 Å². The second-order valence-corrected chi connectivity index (χ2v) is 8.04. The molecule has 0 fully saturated rings. The standard InChI is InChI=1S/C24H24F3N3O5/c1-29-12-20(22(28-29)24(25,26)27)18-8-15(13-31)9-19-21(18)35-5-4-30(23(19)32)11-14-6-16(33-2)10-17(7-14)34-3/h6-10,12,31H,4-5,11,13H2,1-3H3. The van der Waals surface area contributed by atoms with Crippen molar-refractivity contribution >= 4 is 5.91 Å². The number of aliphatic hydroxyl groups excluding tert-OH is 1. The first kappa shape index (κ1) is 24.4. The molecule has 11 heteroatoms. The lowest BCUT2D eigenvalue weighted by Gasteiger charge is -2.21. The van der Waals surface area contributed by atoms with Crippen LogP contribution in [0.5, 0.6) is 17.2 Å². The van der Waals surface area contributed by atoms with E-state index in [1.54, 1.807) is 18.2 Å². The van der Waals surface area contributed by atoms with Crippen molar-refractivity contribution in [2.45, 2.75) is 19.3 Å². The number of nitrogens with zero attached hydrogens (tertiary/aromatic N) is 3. The van der Waals surface area contributed by atoms with Gasteiger partial charge in [-0.2, -0.15) is 18.3 Å². The zero-order valence-corrected chi connectivity index (χ0v) is 19.3. The van der Waals surface area contributed by atoms with Crippen LogP contribution >= 0.6 is 0 Å². The molecule has 8 nitrogen and oxygen atoms in total. The van der Waals surface area contributed by atoms with Crippen molar-refractivity contribution < 1.29 is 37.3 Å². The van der Waals surface area contributed by atoms with Gasteiger partial charge in [0, 0.05) is 37.0 Å². The Bertz CT molecular complexity index is 1230. The highest BCUT2D eigenvalue weighted by Gasteiger charge is 2.39. The fourth-order valence-electron chi connectivity index (χ4n) is 4.05. The van der Waals surface area contributed by atoms with Crippen LogP contribution in [0.3, 0.4) is 0 Å². The summed E-state index contributed by atoms with van der Waals surface area (Å²) in [6.45, 7) is -0.0239. The van der Waals surface area contributed by atoms with Crippen LogP contribution in [0.15, 0.2) is 36.5 Å². The second-order valence-electron chi connectivity index (χ2n) is 8.04. The number of aryl methyl sites for hydroxylation is 1. The molecule has 2 heterocycles. The van der Waals surface area contributed by atoms with Crippen LogP contribution in [0.2, 0.25) is 0 Å². The summed E-state index contributed by atoms with van der Waals surface area (Å²) in [6.07, 6.45) is -3.50. The highest BCUT2D eigenvalue weighted by Crippen LogP contribution is 2.42. The molecule has 1 N–H and O–H groups in total. The predicted octanol–water partition coefficient (Wildman–Crippen LogP) is 3.65. The molecule has 3 aromatic rings. The van der Waals surface area contributed by atoms with E-state index in [1.165, 1.54) is 44.5 Å². The van der Waals surface area contributed by atoms with Crippen molar-refractivity contribution in [2.24, 2.45) is 7.05 Å². The molecule has 0 atom stereocenters. The Morgan fingerprint density at radius 3 is 2.29 bits per heavy atom. The first-order valence-corrected chi connectivity index (χ1v) is 10.7. The number of ether oxygens (including phenoxy) is 3. The Morgan fingerprint density at radius 1 is 1.03 bits per heavy atom. The van der Waals surface area contributed by atoms with Gasteiger partial charge in [-0.05, 0) is 35.4 Å². The fraction of sp³-hybridized carbons (Fsp3) is 0.333. The lowest BCUT2D eigenvalue weighted by atomic mass is 9.97. The van der Waals surface area contributed by atoms with Crippen molar-refractivity contribution in [1.82, 2.24) is 14.7 Å². The Balaban J connectivity index is 1.79. The summed E-state index contributed by atoms with van der Waals surface area (Å²) in [4.78, 5) is 15.1. The zero-order valence-electron chi connectivity index (χ0n) is 19.3. The molecule has 35 heavy (non-hydrogen) atoms. The zero-order chi connectivity index (χ0) is 25.3. The fourth-order valence-corrected chi connectivity index (χ4v) is 4.05. The number of halogens is 3. The second kappa shape index (κ2) is 9.49. The largest absolute Gasteiger partial charge is 0.497 e. The van der Waals surface area contributed by atoms with Crippen LogP contribution in [-0.4, -0.2) is 53.1 Å². The number of aromatic nitrogens is 2. The van der Waals surface area contributed by atoms with Gasteiger partial charge < -0.3 is 24.2 Å². The predicted molar refractivity (Wildman–Crippen MR) is 119 cm³/mol. The molecule has 0 spiro atoms. The van der Waals surface area contributed by atoms with Gasteiger partial charge in [0.15, 0.2) is 5.69 Å². The average molecular weight is 491 g/mol. The Labute approximate surface area is 199 Å². The summed E-state index contributed by atoms with van der Waals surface area (Å²) in [5, 5.41) is 13.3. The molecule has 0 saturated heterocycles. The van der Waals surface area contributed by atoms with Crippen LogP contribution in [0.25, 0.3) is 11.1 Å². The van der Waals surface area contributed by atoms with E-state index in [9.17, 15) is 23.1 Å². The molecular formula is C24H24F3N3O5. The lowest BCUT2D eigenvalue weighted by Crippen LogP contribution is -2.31. The van der Waals surface area contributed by atoms with Gasteiger partial charge in [0.2, 0.25) is 0 Å². The van der Waals surface area contributed by atoms with E-state index in [4.69, 9.17) is 14.2 Å². The minimum Gasteiger partial charge on any atom is -0.497 e. The minimum atomic E-state index is -4.72. The third-order valence-electron chi connectivity index (χ3n) is 5.63. The number of amides is 1. The smallest absolute Gasteiger partial charge is 0.435 e. The van der Waals surface area contributed by atoms with Crippen LogP contribution in [-0.2, 0) is 26.4 Å². The molecule has 186 valence electrons. The van der Waals surface area contributed by atoms with Gasteiger partial charge >= 0.3 is 6.18 Å². The number of fused-ring (bicyclic) bond motifs is 1. The van der Waals surface area contributed by atoms with E-state index in [0.29, 0.717) is 11.5 Å². The summed E-state index contributed by atoms with van der Waals surface area (Å²) in [5.74, 6) is 0.698. The molecule has 2 aromatic carbocycles. The third-order valence-corrected chi connectivity index (χ3v) is 5.63. The van der Waals surface area contributed by atoms with E-state index in [0.717, 1.165) is 10.2 Å². The van der Waals surface area contributed by atoms with Gasteiger partial charge in [-0.25, -0.2) is 0 Å². The van der Waals surface area contributed by atoms with Crippen molar-refractivity contribution in [3.8, 4) is 28.4 Å². The van der Waals surface area contributed by atoms with E-state index < -0.39 is 24.4 Å². The van der Waals surface area contributed by atoms with Crippen molar-refractivity contribution in [2.75, 3.05) is 27.4 Å². The quantitative estimate of drug-likeness (QED) is 0.567. The first-order chi connectivity index (χ1) is 16.6. The third kappa shape index (κ3) is 4.90. The summed E-state index contributed by atoms with van der Waals surface area (Å²) in [7, 11) is 4.42. The van der Waals surface area contributed by atoms with E-state index in [2.05, 4.69) is 5.10 Å². The molecule has 4 rings (SSSR count). The minimum absolute atomic E-state index is 0.0245. The maximum Gasteiger partial charge on any atom is 0.435 e. The van der Waals surface area contributed by atoms with Gasteiger partial charge in [-0.3, -0.25) is 9.48 Å². The highest BCUT2D eigenvalue weighted by atomic mass is 19.4. The molecule has 0 radical (unpaired) electrons. The highest BCUT2D eigenvalue weighted by molar-refractivity contribution is 6.00. The van der Waals surface area contributed by atoms with Crippen LogP contribution in [0.1, 0.15) is 27.2 Å². The first-order valence-electron chi connectivity index (χ1n) is 10.7. The van der Waals surface area contributed by atoms with Gasteiger partial charge in [0.05, 0.1) is 32.9 Å². The van der Waals surface area contributed by atoms with Crippen molar-refractivity contribution in [3.63, 3.8) is 0 Å². The maximum absolute atomic E-state index is 13.7. The van der Waals surface area contributed by atoms with Crippen LogP contribution < -0.4 is 14.2 Å². The van der Waals surface area contributed by atoms with Gasteiger partial charge in [0.1, 0.15) is 23.9 Å². The molecule has 1 aromatic heterocycles. The molecule has 0 bridgehead atoms. The molecule has 0 unspecified atom stereocenters. The Hall–Kier alpha value is -3.73. The molecular weight excluding hydrogens is 467 g/mol. The summed E-state index contributed by atoms with van der Waals surface area (Å²) in [5.41, 5.74) is -0.204. The number of rotatable bonds is 6. The number of aliphatic hydroxyl groups is 1. The topological polar surface area (TPSA) is 86.1 Å². The van der Waals surface area contributed by atoms with Crippen LogP contribution in [0.4, 0.5) is 13.2 Å². The number of methoxy groups -OCH3 is 2. The summed E-state index contributed by atoms with van der Waals surface area (Å²) < 4.78 is 58.5. The van der Waals surface area contributed by atoms with Gasteiger partial charge in [0.25, 0.3) is 5.91 Å². The average Bonchev–Trinajstić information content (AvgIpc) is 3.17. The molecule has 1 aliphatic heterocycles. The van der Waals surface area contributed by atoms with Gasteiger partial charge in [-0.15, -0.1) is 0 Å². The van der Waals surface area contributed by atoms with E-state index in [-0.39, 0.29) is 47.7 Å². The molecule has 1 aliphatic rings. The Kier molecular flexibility index (Phi) is 6.62. The summed E-state index contributed by atoms with van der Waals surface area (Å²) in [6, 6.07) is 8.07. The number of benzene rings is 2. The normalized spacial score (nSPS) is 13.8. The number of hydrogen-bond acceptors (Lipinski definition) is 6. The monoisotopic (exact) mass is 491 g/mol. The lowest BCUT2D eigenvalue weighted by molar-refractivity contribution is -0.140. The maximum atomic E-state index is 13.7. The number of carbonyl (C=O) groups excluding carboxylic acids is 1. The van der Waals surface area contributed by atoms with Crippen molar-refractivity contribution in [1.29, 1.82) is 0 Å². The number of carbonyl (C=O) groups is 1. The number of alkyl halides is 3. The molecule has 0 aliphatic carbocycles. The number of hydrogen-bond donors (Lipinski definition) is 1. The SMILES string of the molecule is COc1cc(CN2CCOc3c(cc(CO)cc3-c3cn(C)nc3C(F)(F)F)C2=O)cc(OC)c1. The van der Waals surface area contributed by atoms with Gasteiger partial charge in [-0.1, -0.05) is 0 Å². The van der Waals surface area contributed by atoms with E-state index >= 15 is 0 Å². The molecule has 0 saturated carbocycles. The Morgan fingerprint density at radius 2 is 1.69 bits per heavy atom. The van der Waals surface area contributed by atoms with E-state index in [1.807, 2.05) is 0 Å². The van der Waals surface area contributed by atoms with Crippen LogP contribution in [0, 0.1) is 0 Å².